The number of halogens is 1. The van der Waals surface area contributed by atoms with Crippen LogP contribution in [0.4, 0.5) is 0 Å². The van der Waals surface area contributed by atoms with E-state index in [1.807, 2.05) is 0 Å². The number of hydrogen-bond acceptors (Lipinski definition) is 2. The Morgan fingerprint density at radius 1 is 1.67 bits per heavy atom. The molecule has 0 aliphatic heterocycles. The van der Waals surface area contributed by atoms with Crippen LogP contribution in [0.15, 0.2) is 11.1 Å². The van der Waals surface area contributed by atoms with Gasteiger partial charge in [0.2, 0.25) is 5.91 Å². The zero-order valence-electron chi connectivity index (χ0n) is 6.63. The van der Waals surface area contributed by atoms with E-state index in [1.165, 1.54) is 6.92 Å². The Kier molecular flexibility index (Phi) is 4.58. The Bertz CT molecular complexity index is 215. The van der Waals surface area contributed by atoms with Crippen molar-refractivity contribution in [3.63, 3.8) is 0 Å². The van der Waals surface area contributed by atoms with Gasteiger partial charge in [0.15, 0.2) is 0 Å². The summed E-state index contributed by atoms with van der Waals surface area (Å²) in [5, 5.41) is 10.8. The quantitative estimate of drug-likeness (QED) is 0.707. The summed E-state index contributed by atoms with van der Waals surface area (Å²) in [6, 6.07) is 0. The zero-order chi connectivity index (χ0) is 9.72. The van der Waals surface area contributed by atoms with E-state index in [0.29, 0.717) is 4.48 Å². The van der Waals surface area contributed by atoms with Crippen LogP contribution < -0.4 is 5.32 Å². The van der Waals surface area contributed by atoms with Crippen molar-refractivity contribution in [2.75, 3.05) is 6.54 Å². The van der Waals surface area contributed by atoms with E-state index in [1.54, 1.807) is 0 Å². The van der Waals surface area contributed by atoms with Crippen LogP contribution in [0.1, 0.15) is 6.92 Å². The van der Waals surface area contributed by atoms with Crippen LogP contribution in [0.3, 0.4) is 0 Å². The highest BCUT2D eigenvalue weighted by atomic mass is 79.9. The van der Waals surface area contributed by atoms with E-state index in [2.05, 4.69) is 27.8 Å². The minimum absolute atomic E-state index is 0.246. The average Bonchev–Trinajstić information content (AvgIpc) is 1.98. The van der Waals surface area contributed by atoms with Crippen LogP contribution in [0.5, 0.6) is 0 Å². The molecule has 0 spiro atoms. The summed E-state index contributed by atoms with van der Waals surface area (Å²) in [5.41, 5.74) is 0. The van der Waals surface area contributed by atoms with Crippen LogP contribution in [-0.2, 0) is 9.59 Å². The first kappa shape index (κ1) is 11.2. The van der Waals surface area contributed by atoms with Gasteiger partial charge in [0, 0.05) is 11.0 Å². The Morgan fingerprint density at radius 2 is 2.17 bits per heavy atom. The Hall–Kier alpha value is -0.840. The lowest BCUT2D eigenvalue weighted by atomic mass is 10.2. The molecule has 12 heavy (non-hydrogen) atoms. The van der Waals surface area contributed by atoms with Crippen molar-refractivity contribution in [3.05, 3.63) is 11.1 Å². The van der Waals surface area contributed by atoms with E-state index in [-0.39, 0.29) is 6.54 Å². The second-order valence-corrected chi connectivity index (χ2v) is 3.42. The molecule has 0 aliphatic carbocycles. The van der Waals surface area contributed by atoms with Crippen LogP contribution in [0.25, 0.3) is 0 Å². The molecule has 0 radical (unpaired) electrons. The number of hydrogen-bond donors (Lipinski definition) is 2. The minimum Gasteiger partial charge on any atom is -0.481 e. The molecule has 0 aliphatic rings. The van der Waals surface area contributed by atoms with Gasteiger partial charge < -0.3 is 10.4 Å². The first-order chi connectivity index (χ1) is 5.45. The maximum absolute atomic E-state index is 10.9. The Balaban J connectivity index is 3.88. The topological polar surface area (TPSA) is 66.4 Å². The number of carbonyl (C=O) groups is 2. The van der Waals surface area contributed by atoms with Crippen molar-refractivity contribution < 1.29 is 14.7 Å². The van der Waals surface area contributed by atoms with Crippen LogP contribution in [0.2, 0.25) is 0 Å². The van der Waals surface area contributed by atoms with Gasteiger partial charge in [-0.1, -0.05) is 22.5 Å². The third-order valence-corrected chi connectivity index (χ3v) is 1.50. The summed E-state index contributed by atoms with van der Waals surface area (Å²) in [7, 11) is 0. The van der Waals surface area contributed by atoms with Crippen molar-refractivity contribution >= 4 is 27.8 Å². The van der Waals surface area contributed by atoms with Gasteiger partial charge >= 0.3 is 5.97 Å². The molecule has 4 nitrogen and oxygen atoms in total. The van der Waals surface area contributed by atoms with E-state index in [4.69, 9.17) is 5.11 Å². The van der Waals surface area contributed by atoms with Crippen LogP contribution >= 0.6 is 15.9 Å². The maximum atomic E-state index is 10.9. The molecule has 0 bridgehead atoms. The number of carbonyl (C=O) groups excluding carboxylic acids is 1. The highest BCUT2D eigenvalue weighted by molar-refractivity contribution is 9.11. The number of nitrogens with one attached hydrogen (secondary N) is 1. The van der Waals surface area contributed by atoms with Gasteiger partial charge in [-0.2, -0.15) is 0 Å². The van der Waals surface area contributed by atoms with Crippen LogP contribution in [-0.4, -0.2) is 23.5 Å². The molecule has 0 aromatic rings. The number of carboxylic acid groups (broad SMARTS) is 1. The predicted octanol–water partition coefficient (Wildman–Crippen LogP) is 0.732. The van der Waals surface area contributed by atoms with Gasteiger partial charge in [0.1, 0.15) is 5.92 Å². The summed E-state index contributed by atoms with van der Waals surface area (Å²) in [5.74, 6) is -2.66. The first-order valence-corrected chi connectivity index (χ1v) is 4.08. The standard InChI is InChI=1S/C7H10BrNO3/c1-4(8)3-9-6(10)5(2)7(11)12/h5H,1,3H2,2H3,(H,9,10)(H,11,12). The molecule has 1 amide bonds. The summed E-state index contributed by atoms with van der Waals surface area (Å²) in [6.45, 7) is 5.06. The molecule has 0 rings (SSSR count). The molecule has 0 saturated heterocycles. The van der Waals surface area contributed by atoms with Crippen molar-refractivity contribution in [2.24, 2.45) is 5.92 Å². The Labute approximate surface area is 78.8 Å². The minimum atomic E-state index is -1.13. The molecule has 0 aromatic heterocycles. The smallest absolute Gasteiger partial charge is 0.315 e. The largest absolute Gasteiger partial charge is 0.481 e. The molecule has 0 heterocycles. The van der Waals surface area contributed by atoms with Crippen molar-refractivity contribution in [1.82, 2.24) is 5.32 Å². The lowest BCUT2D eigenvalue weighted by molar-refractivity contribution is -0.146. The SMILES string of the molecule is C=C(Br)CNC(=O)C(C)C(=O)O. The molecule has 0 aromatic carbocycles. The van der Waals surface area contributed by atoms with Crippen LogP contribution in [0, 0.1) is 5.92 Å². The highest BCUT2D eigenvalue weighted by Crippen LogP contribution is 1.99. The molecule has 1 unspecified atom stereocenters. The van der Waals surface area contributed by atoms with E-state index >= 15 is 0 Å². The van der Waals surface area contributed by atoms with E-state index < -0.39 is 17.8 Å². The number of aliphatic carboxylic acids is 1. The third kappa shape index (κ3) is 4.12. The fraction of sp³-hybridized carbons (Fsp3) is 0.429. The van der Waals surface area contributed by atoms with Gasteiger partial charge in [0.05, 0.1) is 0 Å². The summed E-state index contributed by atoms with van der Waals surface area (Å²) in [6.07, 6.45) is 0. The monoisotopic (exact) mass is 235 g/mol. The summed E-state index contributed by atoms with van der Waals surface area (Å²) >= 11 is 3.03. The van der Waals surface area contributed by atoms with Gasteiger partial charge in [-0.25, -0.2) is 0 Å². The van der Waals surface area contributed by atoms with Gasteiger partial charge in [-0.05, 0) is 6.92 Å². The number of carboxylic acids is 1. The van der Waals surface area contributed by atoms with E-state index in [9.17, 15) is 9.59 Å². The zero-order valence-corrected chi connectivity index (χ0v) is 8.22. The molecule has 0 saturated carbocycles. The van der Waals surface area contributed by atoms with Crippen molar-refractivity contribution in [3.8, 4) is 0 Å². The fourth-order valence-electron chi connectivity index (χ4n) is 0.448. The van der Waals surface area contributed by atoms with Gasteiger partial charge in [-0.15, -0.1) is 0 Å². The number of rotatable bonds is 4. The van der Waals surface area contributed by atoms with Gasteiger partial charge in [0.25, 0.3) is 0 Å². The molecular weight excluding hydrogens is 226 g/mol. The normalized spacial score (nSPS) is 11.8. The lowest BCUT2D eigenvalue weighted by Crippen LogP contribution is -2.34. The molecule has 68 valence electrons. The average molecular weight is 236 g/mol. The number of amides is 1. The summed E-state index contributed by atoms with van der Waals surface area (Å²) in [4.78, 5) is 21.2. The van der Waals surface area contributed by atoms with E-state index in [0.717, 1.165) is 0 Å². The molecule has 1 atom stereocenters. The Morgan fingerprint density at radius 3 is 2.50 bits per heavy atom. The second-order valence-electron chi connectivity index (χ2n) is 2.29. The highest BCUT2D eigenvalue weighted by Gasteiger charge is 2.19. The maximum Gasteiger partial charge on any atom is 0.315 e. The first-order valence-electron chi connectivity index (χ1n) is 3.29. The van der Waals surface area contributed by atoms with Crippen molar-refractivity contribution in [2.45, 2.75) is 6.92 Å². The predicted molar refractivity (Wildman–Crippen MR) is 47.9 cm³/mol. The fourth-order valence-corrected chi connectivity index (χ4v) is 0.588. The molecule has 2 N–H and O–H groups in total. The lowest BCUT2D eigenvalue weighted by Gasteiger charge is -2.06. The third-order valence-electron chi connectivity index (χ3n) is 1.22. The van der Waals surface area contributed by atoms with Crippen molar-refractivity contribution in [1.29, 1.82) is 0 Å². The molecular formula is C7H10BrNO3. The van der Waals surface area contributed by atoms with Gasteiger partial charge in [-0.3, -0.25) is 9.59 Å². The summed E-state index contributed by atoms with van der Waals surface area (Å²) < 4.78 is 0.605. The molecule has 0 fully saturated rings. The second kappa shape index (κ2) is 4.92. The molecule has 5 heteroatoms.